The Labute approximate surface area is 156 Å². The molecule has 101 valence electrons. The van der Waals surface area contributed by atoms with Gasteiger partial charge in [0.05, 0.1) is 7.85 Å². The van der Waals surface area contributed by atoms with Crippen LogP contribution in [0.25, 0.3) is 0 Å². The van der Waals surface area contributed by atoms with Gasteiger partial charge in [0.2, 0.25) is 0 Å². The van der Waals surface area contributed by atoms with Gasteiger partial charge in [0.15, 0.2) is 0 Å². The zero-order chi connectivity index (χ0) is 14.5. The Kier molecular flexibility index (Phi) is 6.08. The van der Waals surface area contributed by atoms with Crippen molar-refractivity contribution in [3.05, 3.63) is 108 Å². The largest absolute Gasteiger partial charge is 0.0711 e. The van der Waals surface area contributed by atoms with Crippen molar-refractivity contribution in [2.45, 2.75) is 11.7 Å². The third-order valence-electron chi connectivity index (χ3n) is 4.11. The fraction of sp³-hybridized carbons (Fsp3) is 0.100. The van der Waals surface area contributed by atoms with Gasteiger partial charge in [0, 0.05) is 35.0 Å². The number of rotatable bonds is 4. The average Bonchev–Trinajstić information content (AvgIpc) is 2.59. The number of benzene rings is 3. The standard InChI is InChI=1S/C20H17B.Na/c21-16-20(17-10-4-1-5-11-17,18-12-6-2-7-13-18)19-14-8-3-9-15-19;/h1-15H,16H2;. The maximum absolute atomic E-state index is 6.30. The summed E-state index contributed by atoms with van der Waals surface area (Å²) in [5.41, 5.74) is 3.38. The second kappa shape index (κ2) is 7.83. The minimum atomic E-state index is -0.302. The van der Waals surface area contributed by atoms with Gasteiger partial charge in [-0.05, 0) is 16.7 Å². The summed E-state index contributed by atoms with van der Waals surface area (Å²) in [4.78, 5) is 0. The Hall–Kier alpha value is -1.28. The molecule has 0 spiro atoms. The van der Waals surface area contributed by atoms with Crippen molar-refractivity contribution >= 4 is 37.4 Å². The predicted molar refractivity (Wildman–Crippen MR) is 95.5 cm³/mol. The first kappa shape index (κ1) is 17.1. The molecular formula is C20H17BNa. The van der Waals surface area contributed by atoms with Crippen molar-refractivity contribution in [1.82, 2.24) is 0 Å². The third kappa shape index (κ3) is 3.08. The Bertz CT molecular complexity index is 584. The molecule has 0 N–H and O–H groups in total. The summed E-state index contributed by atoms with van der Waals surface area (Å²) in [6.45, 7) is 0. The molecule has 0 aromatic heterocycles. The van der Waals surface area contributed by atoms with Gasteiger partial charge in [-0.2, -0.15) is 0 Å². The van der Waals surface area contributed by atoms with E-state index in [2.05, 4.69) is 72.8 Å². The van der Waals surface area contributed by atoms with E-state index in [0.717, 1.165) is 0 Å². The normalized spacial score (nSPS) is 10.7. The molecule has 0 aliphatic carbocycles. The van der Waals surface area contributed by atoms with Crippen LogP contribution in [0.1, 0.15) is 16.7 Å². The van der Waals surface area contributed by atoms with E-state index in [1.165, 1.54) is 16.7 Å². The summed E-state index contributed by atoms with van der Waals surface area (Å²) < 4.78 is 0. The van der Waals surface area contributed by atoms with Gasteiger partial charge in [0.25, 0.3) is 0 Å². The fourth-order valence-corrected chi connectivity index (χ4v) is 3.02. The molecule has 22 heavy (non-hydrogen) atoms. The summed E-state index contributed by atoms with van der Waals surface area (Å²) >= 11 is 0. The SMILES string of the molecule is [B]CC(c1ccccc1)(c1ccccc1)c1ccccc1.[Na]. The Balaban J connectivity index is 0.00000176. The zero-order valence-corrected chi connectivity index (χ0v) is 14.9. The quantitative estimate of drug-likeness (QED) is 0.498. The molecule has 2 heteroatoms. The average molecular weight is 291 g/mol. The molecule has 0 saturated carbocycles. The van der Waals surface area contributed by atoms with Crippen LogP contribution < -0.4 is 0 Å². The predicted octanol–water partition coefficient (Wildman–Crippen LogP) is 4.23. The first-order valence-corrected chi connectivity index (χ1v) is 7.24. The number of hydrogen-bond donors (Lipinski definition) is 0. The first-order valence-electron chi connectivity index (χ1n) is 7.24. The molecule has 0 unspecified atom stereocenters. The van der Waals surface area contributed by atoms with E-state index in [1.807, 2.05) is 18.2 Å². The second-order valence-electron chi connectivity index (χ2n) is 5.21. The molecule has 0 fully saturated rings. The van der Waals surface area contributed by atoms with Crippen LogP contribution >= 0.6 is 0 Å². The molecule has 3 rings (SSSR count). The van der Waals surface area contributed by atoms with Crippen molar-refractivity contribution < 1.29 is 0 Å². The minimum Gasteiger partial charge on any atom is -0.0711 e. The van der Waals surface area contributed by atoms with E-state index in [4.69, 9.17) is 7.85 Å². The summed E-state index contributed by atoms with van der Waals surface area (Å²) in [6.07, 6.45) is 0.533. The van der Waals surface area contributed by atoms with Crippen molar-refractivity contribution in [2.75, 3.05) is 0 Å². The maximum atomic E-state index is 6.30. The summed E-state index contributed by atoms with van der Waals surface area (Å²) in [5, 5.41) is 0. The molecule has 3 radical (unpaired) electrons. The second-order valence-corrected chi connectivity index (χ2v) is 5.21. The van der Waals surface area contributed by atoms with Gasteiger partial charge in [0.1, 0.15) is 0 Å². The van der Waals surface area contributed by atoms with Crippen LogP contribution in [-0.2, 0) is 5.41 Å². The molecule has 0 saturated heterocycles. The van der Waals surface area contributed by atoms with Crippen molar-refractivity contribution in [2.24, 2.45) is 0 Å². The summed E-state index contributed by atoms with van der Waals surface area (Å²) in [6, 6.07) is 31.5. The van der Waals surface area contributed by atoms with Crippen molar-refractivity contribution in [3.8, 4) is 0 Å². The van der Waals surface area contributed by atoms with Gasteiger partial charge in [-0.1, -0.05) is 97.3 Å². The molecule has 0 aliphatic rings. The number of hydrogen-bond acceptors (Lipinski definition) is 0. The van der Waals surface area contributed by atoms with Crippen LogP contribution in [0.15, 0.2) is 91.0 Å². The minimum absolute atomic E-state index is 0. The fourth-order valence-electron chi connectivity index (χ4n) is 3.02. The molecule has 0 nitrogen and oxygen atoms in total. The topological polar surface area (TPSA) is 0 Å². The van der Waals surface area contributed by atoms with E-state index in [9.17, 15) is 0 Å². The van der Waals surface area contributed by atoms with E-state index in [1.54, 1.807) is 0 Å². The molecule has 0 amide bonds. The van der Waals surface area contributed by atoms with Gasteiger partial charge >= 0.3 is 0 Å². The van der Waals surface area contributed by atoms with E-state index >= 15 is 0 Å². The van der Waals surface area contributed by atoms with Crippen molar-refractivity contribution in [3.63, 3.8) is 0 Å². The van der Waals surface area contributed by atoms with Crippen LogP contribution in [0, 0.1) is 0 Å². The molecule has 0 heterocycles. The van der Waals surface area contributed by atoms with Gasteiger partial charge in [-0.3, -0.25) is 0 Å². The van der Waals surface area contributed by atoms with E-state index in [0.29, 0.717) is 6.32 Å². The van der Waals surface area contributed by atoms with Crippen LogP contribution in [-0.4, -0.2) is 37.4 Å². The van der Waals surface area contributed by atoms with E-state index < -0.39 is 0 Å². The zero-order valence-electron chi connectivity index (χ0n) is 12.9. The van der Waals surface area contributed by atoms with Crippen molar-refractivity contribution in [1.29, 1.82) is 0 Å². The van der Waals surface area contributed by atoms with Gasteiger partial charge in [-0.15, -0.1) is 0 Å². The molecule has 3 aromatic rings. The monoisotopic (exact) mass is 291 g/mol. The molecular weight excluding hydrogens is 274 g/mol. The van der Waals surface area contributed by atoms with Gasteiger partial charge in [-0.25, -0.2) is 0 Å². The van der Waals surface area contributed by atoms with Crippen LogP contribution in [0.2, 0.25) is 6.32 Å². The van der Waals surface area contributed by atoms with Crippen LogP contribution in [0.4, 0.5) is 0 Å². The summed E-state index contributed by atoms with van der Waals surface area (Å²) in [7, 11) is 6.30. The molecule has 0 aliphatic heterocycles. The Morgan fingerprint density at radius 3 is 1.05 bits per heavy atom. The molecule has 0 bridgehead atoms. The Morgan fingerprint density at radius 1 is 0.545 bits per heavy atom. The smallest absolute Gasteiger partial charge is 0.0674 e. The Morgan fingerprint density at radius 2 is 0.818 bits per heavy atom. The third-order valence-corrected chi connectivity index (χ3v) is 4.11. The summed E-state index contributed by atoms with van der Waals surface area (Å²) in [5.74, 6) is 0. The molecule has 0 atom stereocenters. The maximum Gasteiger partial charge on any atom is 0.0674 e. The van der Waals surface area contributed by atoms with Crippen LogP contribution in [0.5, 0.6) is 0 Å². The van der Waals surface area contributed by atoms with Gasteiger partial charge < -0.3 is 0 Å². The molecule has 3 aromatic carbocycles. The van der Waals surface area contributed by atoms with Crippen LogP contribution in [0.3, 0.4) is 0 Å². The first-order chi connectivity index (χ1) is 10.4. The van der Waals surface area contributed by atoms with E-state index in [-0.39, 0.29) is 35.0 Å².